The van der Waals surface area contributed by atoms with Gasteiger partial charge in [-0.25, -0.2) is 0 Å². The maximum absolute atomic E-state index is 12.7. The Hall–Kier alpha value is -2.98. The number of fused-ring (bicyclic) bond motifs is 1. The smallest absolute Gasteiger partial charge is 0.251 e. The molecule has 1 aromatic rings. The third-order valence-corrected chi connectivity index (χ3v) is 5.88. The summed E-state index contributed by atoms with van der Waals surface area (Å²) in [5.74, 6) is -1.51. The lowest BCUT2D eigenvalue weighted by Gasteiger charge is -2.27. The van der Waals surface area contributed by atoms with Crippen LogP contribution in [0.2, 0.25) is 0 Å². The first-order valence-electron chi connectivity index (χ1n) is 10.2. The summed E-state index contributed by atoms with van der Waals surface area (Å²) in [4.78, 5) is 54.8. The standard InChI is InChI=1S/C21H29N5O5/c1-12(27)18(22)21(31)26-11-16(28)19-15(26)8-9-25(19)17(29)10-23-20(30)13-4-6-14(7-5-13)24(2)3/h4-7,12,15,18-19,27H,8-11,22H2,1-3H3,(H,23,30)/t12-,15-,18+,19+/m1/s1. The fraction of sp³-hybridized carbons (Fsp3) is 0.524. The summed E-state index contributed by atoms with van der Waals surface area (Å²) in [6.45, 7) is 1.34. The topological polar surface area (TPSA) is 136 Å². The molecule has 1 aromatic carbocycles. The predicted octanol–water partition coefficient (Wildman–Crippen LogP) is -1.43. The number of carbonyl (C=O) groups excluding carboxylic acids is 4. The summed E-state index contributed by atoms with van der Waals surface area (Å²) in [6, 6.07) is 4.66. The Bertz CT molecular complexity index is 869. The number of nitrogens with two attached hydrogens (primary N) is 1. The summed E-state index contributed by atoms with van der Waals surface area (Å²) in [5, 5.41) is 12.2. The lowest BCUT2D eigenvalue weighted by Crippen LogP contribution is -2.52. The van der Waals surface area contributed by atoms with E-state index >= 15 is 0 Å². The Morgan fingerprint density at radius 2 is 1.87 bits per heavy atom. The molecule has 0 radical (unpaired) electrons. The number of likely N-dealkylation sites (tertiary alicyclic amines) is 2. The SMILES string of the molecule is C[C@@H](O)[C@H](N)C(=O)N1CC(=O)[C@@H]2[C@H]1CCN2C(=O)CNC(=O)c1ccc(N(C)C)cc1. The van der Waals surface area contributed by atoms with Crippen molar-refractivity contribution in [2.24, 2.45) is 5.73 Å². The number of carbonyl (C=O) groups is 4. The van der Waals surface area contributed by atoms with Crippen molar-refractivity contribution in [1.82, 2.24) is 15.1 Å². The van der Waals surface area contributed by atoms with Gasteiger partial charge in [-0.1, -0.05) is 0 Å². The van der Waals surface area contributed by atoms with Crippen molar-refractivity contribution in [3.05, 3.63) is 29.8 Å². The number of nitrogens with one attached hydrogen (secondary N) is 1. The van der Waals surface area contributed by atoms with Gasteiger partial charge in [0.05, 0.1) is 25.2 Å². The Morgan fingerprint density at radius 3 is 2.45 bits per heavy atom. The first kappa shape index (κ1) is 22.7. The number of aliphatic hydroxyl groups excluding tert-OH is 1. The van der Waals surface area contributed by atoms with Gasteiger partial charge in [0.25, 0.3) is 5.91 Å². The van der Waals surface area contributed by atoms with Gasteiger partial charge in [0.15, 0.2) is 5.78 Å². The molecule has 168 valence electrons. The molecule has 31 heavy (non-hydrogen) atoms. The van der Waals surface area contributed by atoms with E-state index in [1.165, 1.54) is 16.7 Å². The third kappa shape index (κ3) is 4.54. The van der Waals surface area contributed by atoms with Crippen LogP contribution in [-0.4, -0.2) is 96.4 Å². The van der Waals surface area contributed by atoms with Crippen molar-refractivity contribution in [3.8, 4) is 0 Å². The molecule has 2 heterocycles. The van der Waals surface area contributed by atoms with Gasteiger partial charge < -0.3 is 30.9 Å². The number of Topliss-reactive ketones (excluding diaryl/α,β-unsaturated/α-hetero) is 1. The summed E-state index contributed by atoms with van der Waals surface area (Å²) in [7, 11) is 3.79. The van der Waals surface area contributed by atoms with Crippen molar-refractivity contribution in [3.63, 3.8) is 0 Å². The number of rotatable bonds is 6. The molecular weight excluding hydrogens is 402 g/mol. The van der Waals surface area contributed by atoms with Gasteiger partial charge in [0, 0.05) is 31.9 Å². The molecule has 2 aliphatic heterocycles. The normalized spacial score (nSPS) is 22.2. The molecular formula is C21H29N5O5. The van der Waals surface area contributed by atoms with E-state index in [4.69, 9.17) is 5.73 Å². The van der Waals surface area contributed by atoms with E-state index < -0.39 is 30.1 Å². The van der Waals surface area contributed by atoms with Crippen LogP contribution in [0.3, 0.4) is 0 Å². The molecule has 3 amide bonds. The van der Waals surface area contributed by atoms with Crippen LogP contribution in [0.4, 0.5) is 5.69 Å². The number of nitrogens with zero attached hydrogens (tertiary/aromatic N) is 3. The van der Waals surface area contributed by atoms with Gasteiger partial charge >= 0.3 is 0 Å². The summed E-state index contributed by atoms with van der Waals surface area (Å²) in [5.41, 5.74) is 7.12. The zero-order chi connectivity index (χ0) is 22.9. The van der Waals surface area contributed by atoms with Crippen molar-refractivity contribution in [1.29, 1.82) is 0 Å². The van der Waals surface area contributed by atoms with E-state index in [-0.39, 0.29) is 30.7 Å². The molecule has 0 bridgehead atoms. The second kappa shape index (κ2) is 9.03. The van der Waals surface area contributed by atoms with Crippen LogP contribution in [0, 0.1) is 0 Å². The predicted molar refractivity (Wildman–Crippen MR) is 113 cm³/mol. The highest BCUT2D eigenvalue weighted by Gasteiger charge is 2.52. The van der Waals surface area contributed by atoms with E-state index in [2.05, 4.69) is 5.32 Å². The van der Waals surface area contributed by atoms with Gasteiger partial charge in [0.2, 0.25) is 11.8 Å². The largest absolute Gasteiger partial charge is 0.391 e. The molecule has 3 rings (SSSR count). The minimum atomic E-state index is -1.12. The van der Waals surface area contributed by atoms with E-state index in [1.54, 1.807) is 12.1 Å². The maximum atomic E-state index is 12.7. The molecule has 0 unspecified atom stereocenters. The highest BCUT2D eigenvalue weighted by Crippen LogP contribution is 2.30. The third-order valence-electron chi connectivity index (χ3n) is 5.88. The molecule has 0 spiro atoms. The number of hydrogen-bond acceptors (Lipinski definition) is 7. The fourth-order valence-electron chi connectivity index (χ4n) is 4.06. The number of hydrogen-bond donors (Lipinski definition) is 3. The van der Waals surface area contributed by atoms with E-state index in [0.29, 0.717) is 18.5 Å². The lowest BCUT2D eigenvalue weighted by atomic mass is 10.1. The quantitative estimate of drug-likeness (QED) is 0.502. The van der Waals surface area contributed by atoms with Crippen molar-refractivity contribution in [2.75, 3.05) is 38.6 Å². The molecule has 2 aliphatic rings. The van der Waals surface area contributed by atoms with Crippen molar-refractivity contribution in [2.45, 2.75) is 37.6 Å². The summed E-state index contributed by atoms with van der Waals surface area (Å²) >= 11 is 0. The molecule has 0 aliphatic carbocycles. The first-order valence-corrected chi connectivity index (χ1v) is 10.2. The zero-order valence-electron chi connectivity index (χ0n) is 17.9. The van der Waals surface area contributed by atoms with Crippen LogP contribution >= 0.6 is 0 Å². The summed E-state index contributed by atoms with van der Waals surface area (Å²) in [6.07, 6.45) is -0.594. The van der Waals surface area contributed by atoms with E-state index in [1.807, 2.05) is 31.1 Å². The molecule has 10 heteroatoms. The molecule has 2 saturated heterocycles. The Kier molecular flexibility index (Phi) is 6.61. The summed E-state index contributed by atoms with van der Waals surface area (Å²) < 4.78 is 0. The molecule has 0 aromatic heterocycles. The highest BCUT2D eigenvalue weighted by atomic mass is 16.3. The van der Waals surface area contributed by atoms with Gasteiger partial charge in [-0.15, -0.1) is 0 Å². The van der Waals surface area contributed by atoms with Gasteiger partial charge in [0.1, 0.15) is 12.1 Å². The van der Waals surface area contributed by atoms with Gasteiger partial charge in [-0.3, -0.25) is 19.2 Å². The van der Waals surface area contributed by atoms with Gasteiger partial charge in [-0.05, 0) is 37.6 Å². The van der Waals surface area contributed by atoms with Crippen molar-refractivity contribution < 1.29 is 24.3 Å². The molecule has 4 atom stereocenters. The second-order valence-electron chi connectivity index (χ2n) is 8.21. The second-order valence-corrected chi connectivity index (χ2v) is 8.21. The Balaban J connectivity index is 1.60. The Labute approximate surface area is 181 Å². The van der Waals surface area contributed by atoms with E-state index in [9.17, 15) is 24.3 Å². The molecule has 0 saturated carbocycles. The highest BCUT2D eigenvalue weighted by molar-refractivity contribution is 6.00. The minimum Gasteiger partial charge on any atom is -0.391 e. The zero-order valence-corrected chi connectivity index (χ0v) is 17.9. The number of amides is 3. The van der Waals surface area contributed by atoms with Crippen LogP contribution in [0.15, 0.2) is 24.3 Å². The lowest BCUT2D eigenvalue weighted by molar-refractivity contribution is -0.136. The molecule has 10 nitrogen and oxygen atoms in total. The fourth-order valence-corrected chi connectivity index (χ4v) is 4.06. The van der Waals surface area contributed by atoms with Crippen LogP contribution in [-0.2, 0) is 14.4 Å². The van der Waals surface area contributed by atoms with Crippen LogP contribution in [0.25, 0.3) is 0 Å². The van der Waals surface area contributed by atoms with Gasteiger partial charge in [-0.2, -0.15) is 0 Å². The number of ketones is 1. The van der Waals surface area contributed by atoms with Crippen LogP contribution in [0.1, 0.15) is 23.7 Å². The number of benzene rings is 1. The minimum absolute atomic E-state index is 0.136. The number of aliphatic hydroxyl groups is 1. The Morgan fingerprint density at radius 1 is 1.23 bits per heavy atom. The van der Waals surface area contributed by atoms with Crippen LogP contribution in [0.5, 0.6) is 0 Å². The average Bonchev–Trinajstić information content (AvgIpc) is 3.32. The van der Waals surface area contributed by atoms with Crippen LogP contribution < -0.4 is 16.0 Å². The first-order chi connectivity index (χ1) is 14.6. The molecule has 4 N–H and O–H groups in total. The maximum Gasteiger partial charge on any atom is 0.251 e. The molecule has 2 fully saturated rings. The average molecular weight is 431 g/mol. The monoisotopic (exact) mass is 431 g/mol. The number of anilines is 1. The van der Waals surface area contributed by atoms with E-state index in [0.717, 1.165) is 5.69 Å². The van der Waals surface area contributed by atoms with Crippen molar-refractivity contribution >= 4 is 29.2 Å².